The Labute approximate surface area is 139 Å². The lowest BCUT2D eigenvalue weighted by Crippen LogP contribution is -1.91. The molecule has 1 aliphatic heterocycles. The monoisotopic (exact) mass is 326 g/mol. The molecule has 0 atom stereocenters. The summed E-state index contributed by atoms with van der Waals surface area (Å²) in [6.07, 6.45) is 1.52. The van der Waals surface area contributed by atoms with E-state index in [1.54, 1.807) is 7.11 Å². The fourth-order valence-electron chi connectivity index (χ4n) is 2.96. The summed E-state index contributed by atoms with van der Waals surface area (Å²) >= 11 is 0. The summed E-state index contributed by atoms with van der Waals surface area (Å²) in [6.45, 7) is 0.645. The van der Waals surface area contributed by atoms with Crippen LogP contribution in [0.5, 0.6) is 11.5 Å². The van der Waals surface area contributed by atoms with Crippen LogP contribution >= 0.6 is 0 Å². The summed E-state index contributed by atoms with van der Waals surface area (Å²) in [5, 5.41) is 10.0. The second kappa shape index (κ2) is 6.19. The Balaban J connectivity index is 1.77. The fraction of sp³-hybridized carbons (Fsp3) is 0.263. The Kier molecular flexibility index (Phi) is 3.88. The van der Waals surface area contributed by atoms with Gasteiger partial charge in [0.2, 0.25) is 0 Å². The highest BCUT2D eigenvalue weighted by Crippen LogP contribution is 2.37. The van der Waals surface area contributed by atoms with Crippen LogP contribution in [0.15, 0.2) is 40.8 Å². The zero-order valence-corrected chi connectivity index (χ0v) is 13.4. The molecule has 0 spiro atoms. The Morgan fingerprint density at radius 3 is 2.92 bits per heavy atom. The van der Waals surface area contributed by atoms with Gasteiger partial charge in [0, 0.05) is 23.1 Å². The molecule has 4 rings (SSSR count). The second-order valence-electron chi connectivity index (χ2n) is 5.82. The lowest BCUT2D eigenvalue weighted by molar-refractivity contribution is -0.194. The Bertz CT molecular complexity index is 881. The number of aliphatic hydroxyl groups is 1. The quantitative estimate of drug-likeness (QED) is 0.722. The summed E-state index contributed by atoms with van der Waals surface area (Å²) < 4.78 is 11.5. The third-order valence-corrected chi connectivity index (χ3v) is 4.20. The molecule has 2 heterocycles. The van der Waals surface area contributed by atoms with Crippen molar-refractivity contribution in [3.05, 3.63) is 47.5 Å². The third kappa shape index (κ3) is 2.62. The number of furan rings is 1. The van der Waals surface area contributed by atoms with Gasteiger partial charge in [-0.15, -0.1) is 0 Å². The fourth-order valence-corrected chi connectivity index (χ4v) is 2.96. The van der Waals surface area contributed by atoms with Gasteiger partial charge in [0.25, 0.3) is 0 Å². The van der Waals surface area contributed by atoms with E-state index in [1.807, 2.05) is 30.3 Å². The second-order valence-corrected chi connectivity index (χ2v) is 5.82. The van der Waals surface area contributed by atoms with E-state index in [1.165, 1.54) is 0 Å². The minimum atomic E-state index is 0.175. The molecule has 1 aliphatic rings. The smallest absolute Gasteiger partial charge is 0.176 e. The summed E-state index contributed by atoms with van der Waals surface area (Å²) in [6, 6.07) is 11.9. The molecule has 0 aliphatic carbocycles. The third-order valence-electron chi connectivity index (χ3n) is 4.20. The lowest BCUT2D eigenvalue weighted by Gasteiger charge is -2.05. The van der Waals surface area contributed by atoms with E-state index in [9.17, 15) is 0 Å². The average Bonchev–Trinajstić information content (AvgIpc) is 3.24. The van der Waals surface area contributed by atoms with Crippen molar-refractivity contribution >= 4 is 11.0 Å². The predicted octanol–water partition coefficient (Wildman–Crippen LogP) is 3.86. The van der Waals surface area contributed by atoms with Crippen LogP contribution < -0.4 is 9.62 Å². The number of aryl methyl sites for hydroxylation is 1. The maximum Gasteiger partial charge on any atom is 0.176 e. The van der Waals surface area contributed by atoms with E-state index in [2.05, 4.69) is 6.07 Å². The van der Waals surface area contributed by atoms with Crippen molar-refractivity contribution in [1.82, 2.24) is 0 Å². The Morgan fingerprint density at radius 1 is 1.17 bits per heavy atom. The van der Waals surface area contributed by atoms with Crippen molar-refractivity contribution in [2.75, 3.05) is 13.7 Å². The molecule has 5 nitrogen and oxygen atoms in total. The van der Waals surface area contributed by atoms with Gasteiger partial charge < -0.3 is 19.1 Å². The minimum Gasteiger partial charge on any atom is -0.493 e. The van der Waals surface area contributed by atoms with Gasteiger partial charge in [-0.2, -0.15) is 4.89 Å². The molecule has 0 saturated heterocycles. The maximum absolute atomic E-state index is 9.03. The zero-order chi connectivity index (χ0) is 16.5. The Morgan fingerprint density at radius 2 is 2.08 bits per heavy atom. The van der Waals surface area contributed by atoms with Crippen LogP contribution in [-0.4, -0.2) is 18.8 Å². The van der Waals surface area contributed by atoms with Gasteiger partial charge in [0.1, 0.15) is 12.4 Å². The highest BCUT2D eigenvalue weighted by molar-refractivity contribution is 5.88. The first-order chi connectivity index (χ1) is 11.8. The molecule has 1 aromatic heterocycles. The normalized spacial score (nSPS) is 13.1. The predicted molar refractivity (Wildman–Crippen MR) is 89.0 cm³/mol. The zero-order valence-electron chi connectivity index (χ0n) is 13.4. The number of fused-ring (bicyclic) bond motifs is 2. The number of aliphatic hydroxyl groups excluding tert-OH is 1. The average molecular weight is 326 g/mol. The van der Waals surface area contributed by atoms with E-state index in [-0.39, 0.29) is 6.61 Å². The van der Waals surface area contributed by atoms with E-state index in [0.717, 1.165) is 52.0 Å². The minimum absolute atomic E-state index is 0.175. The van der Waals surface area contributed by atoms with Crippen molar-refractivity contribution < 1.29 is 24.0 Å². The molecular weight excluding hydrogens is 308 g/mol. The Hall–Kier alpha value is -2.50. The van der Waals surface area contributed by atoms with Gasteiger partial charge in [-0.3, -0.25) is 0 Å². The lowest BCUT2D eigenvalue weighted by atomic mass is 10.1. The number of hydrogen-bond acceptors (Lipinski definition) is 5. The molecule has 24 heavy (non-hydrogen) atoms. The molecule has 0 fully saturated rings. The van der Waals surface area contributed by atoms with Crippen LogP contribution in [0.4, 0.5) is 0 Å². The van der Waals surface area contributed by atoms with Crippen LogP contribution in [0.3, 0.4) is 0 Å². The number of ether oxygens (including phenoxy) is 1. The first-order valence-electron chi connectivity index (χ1n) is 7.92. The van der Waals surface area contributed by atoms with E-state index in [0.29, 0.717) is 12.4 Å². The van der Waals surface area contributed by atoms with Gasteiger partial charge in [0.05, 0.1) is 7.11 Å². The first kappa shape index (κ1) is 15.1. The van der Waals surface area contributed by atoms with E-state index >= 15 is 0 Å². The standard InChI is InChI=1S/C19H18O5/c1-21-18-8-12(3-2-6-20)7-15-10-16(23-19(15)18)13-4-5-14-11-22-24-17(14)9-13/h4-5,7-10,20H,2-3,6,11H2,1H3. The van der Waals surface area contributed by atoms with Crippen LogP contribution in [0.1, 0.15) is 17.5 Å². The summed E-state index contributed by atoms with van der Waals surface area (Å²) in [5.41, 5.74) is 3.79. The van der Waals surface area contributed by atoms with Crippen LogP contribution in [0.2, 0.25) is 0 Å². The van der Waals surface area contributed by atoms with Crippen molar-refractivity contribution in [2.45, 2.75) is 19.4 Å². The molecule has 0 saturated carbocycles. The van der Waals surface area contributed by atoms with Gasteiger partial charge >= 0.3 is 0 Å². The largest absolute Gasteiger partial charge is 0.493 e. The molecule has 5 heteroatoms. The number of hydrogen-bond donors (Lipinski definition) is 1. The molecule has 0 amide bonds. The van der Waals surface area contributed by atoms with Gasteiger partial charge in [-0.1, -0.05) is 12.1 Å². The maximum atomic E-state index is 9.03. The number of methoxy groups -OCH3 is 1. The van der Waals surface area contributed by atoms with Gasteiger partial charge in [-0.05, 0) is 42.7 Å². The van der Waals surface area contributed by atoms with E-state index in [4.69, 9.17) is 24.0 Å². The molecule has 0 radical (unpaired) electrons. The molecule has 2 aromatic carbocycles. The van der Waals surface area contributed by atoms with Crippen molar-refractivity contribution in [3.8, 4) is 22.8 Å². The van der Waals surface area contributed by atoms with Gasteiger partial charge in [-0.25, -0.2) is 0 Å². The number of rotatable bonds is 5. The molecule has 0 bridgehead atoms. The van der Waals surface area contributed by atoms with Crippen molar-refractivity contribution in [3.63, 3.8) is 0 Å². The summed E-state index contributed by atoms with van der Waals surface area (Å²) in [5.74, 6) is 2.18. The molecule has 1 N–H and O–H groups in total. The van der Waals surface area contributed by atoms with Gasteiger partial charge in [0.15, 0.2) is 17.1 Å². The van der Waals surface area contributed by atoms with Crippen LogP contribution in [0.25, 0.3) is 22.3 Å². The molecular formula is C19H18O5. The van der Waals surface area contributed by atoms with Crippen molar-refractivity contribution in [1.29, 1.82) is 0 Å². The SMILES string of the molecule is COc1cc(CCCO)cc2cc(-c3ccc4c(c3)OOC4)oc12. The summed E-state index contributed by atoms with van der Waals surface area (Å²) in [4.78, 5) is 10.1. The van der Waals surface area contributed by atoms with Crippen LogP contribution in [0, 0.1) is 0 Å². The highest BCUT2D eigenvalue weighted by Gasteiger charge is 2.17. The summed E-state index contributed by atoms with van der Waals surface area (Å²) in [7, 11) is 1.63. The number of benzene rings is 2. The van der Waals surface area contributed by atoms with Crippen molar-refractivity contribution in [2.24, 2.45) is 0 Å². The highest BCUT2D eigenvalue weighted by atomic mass is 17.2. The van der Waals surface area contributed by atoms with E-state index < -0.39 is 0 Å². The molecule has 0 unspecified atom stereocenters. The topological polar surface area (TPSA) is 61.1 Å². The van der Waals surface area contributed by atoms with Crippen LogP contribution in [-0.2, 0) is 17.9 Å². The first-order valence-corrected chi connectivity index (χ1v) is 7.92. The molecule has 3 aromatic rings. The molecule has 124 valence electrons.